The van der Waals surface area contributed by atoms with E-state index < -0.39 is 11.7 Å². The van der Waals surface area contributed by atoms with E-state index in [1.807, 2.05) is 13.8 Å². The summed E-state index contributed by atoms with van der Waals surface area (Å²) in [6, 6.07) is 3.22. The molecule has 0 amide bonds. The Bertz CT molecular complexity index is 645. The number of hydrogen-bond donors (Lipinski definition) is 0. The molecule has 2 rings (SSSR count). The number of carbonyl (C=O) groups is 1. The summed E-state index contributed by atoms with van der Waals surface area (Å²) in [5.74, 6) is -0.307. The van der Waals surface area contributed by atoms with Crippen molar-refractivity contribution in [2.75, 3.05) is 0 Å². The Kier molecular flexibility index (Phi) is 4.32. The summed E-state index contributed by atoms with van der Waals surface area (Å²) in [5.41, 5.74) is -0.168. The second-order valence-corrected chi connectivity index (χ2v) is 5.70. The van der Waals surface area contributed by atoms with Crippen molar-refractivity contribution in [3.8, 4) is 5.75 Å². The molecule has 0 N–H and O–H groups in total. The zero-order valence-corrected chi connectivity index (χ0v) is 12.1. The van der Waals surface area contributed by atoms with E-state index >= 15 is 0 Å². The van der Waals surface area contributed by atoms with Crippen molar-refractivity contribution in [2.24, 2.45) is 0 Å². The number of aldehydes is 1. The number of alkyl halides is 3. The smallest absolute Gasteiger partial charge is 0.419 e. The van der Waals surface area contributed by atoms with Crippen LogP contribution in [0.4, 0.5) is 13.2 Å². The molecule has 0 aliphatic carbocycles. The first-order chi connectivity index (χ1) is 9.81. The summed E-state index contributed by atoms with van der Waals surface area (Å²) >= 11 is 1.38. The Morgan fingerprint density at radius 1 is 1.33 bits per heavy atom. The first-order valence-electron chi connectivity index (χ1n) is 6.03. The minimum absolute atomic E-state index is 0.0388. The maximum Gasteiger partial charge on any atom is 0.419 e. The molecule has 0 saturated heterocycles. The largest absolute Gasteiger partial charge is 0.486 e. The van der Waals surface area contributed by atoms with Crippen molar-refractivity contribution in [2.45, 2.75) is 26.6 Å². The average Bonchev–Trinajstić information content (AvgIpc) is 2.74. The third kappa shape index (κ3) is 3.60. The van der Waals surface area contributed by atoms with Gasteiger partial charge in [0.1, 0.15) is 23.7 Å². The van der Waals surface area contributed by atoms with E-state index in [2.05, 4.69) is 4.98 Å². The number of thiazole rings is 1. The van der Waals surface area contributed by atoms with E-state index in [-0.39, 0.29) is 17.9 Å². The van der Waals surface area contributed by atoms with Gasteiger partial charge in [-0.25, -0.2) is 4.98 Å². The highest BCUT2D eigenvalue weighted by molar-refractivity contribution is 7.11. The average molecular weight is 315 g/mol. The van der Waals surface area contributed by atoms with Gasteiger partial charge >= 0.3 is 6.18 Å². The molecule has 21 heavy (non-hydrogen) atoms. The number of halogens is 3. The molecule has 1 aromatic carbocycles. The minimum atomic E-state index is -4.58. The zero-order chi connectivity index (χ0) is 15.6. The van der Waals surface area contributed by atoms with Crippen molar-refractivity contribution in [1.29, 1.82) is 0 Å². The van der Waals surface area contributed by atoms with Gasteiger partial charge in [0.05, 0.1) is 11.3 Å². The predicted octanol–water partition coefficient (Wildman–Crippen LogP) is 4.17. The number of nitrogens with zero attached hydrogens (tertiary/aromatic N) is 1. The van der Waals surface area contributed by atoms with Gasteiger partial charge in [0.2, 0.25) is 0 Å². The molecule has 0 saturated carbocycles. The molecule has 0 bridgehead atoms. The summed E-state index contributed by atoms with van der Waals surface area (Å²) in [5, 5.41) is 0.609. The van der Waals surface area contributed by atoms with Crippen LogP contribution in [-0.4, -0.2) is 11.3 Å². The highest BCUT2D eigenvalue weighted by Crippen LogP contribution is 2.37. The van der Waals surface area contributed by atoms with E-state index in [0.717, 1.165) is 22.7 Å². The number of hydrogen-bond acceptors (Lipinski definition) is 4. The van der Waals surface area contributed by atoms with Gasteiger partial charge in [-0.2, -0.15) is 13.2 Å². The Morgan fingerprint density at radius 2 is 2.05 bits per heavy atom. The monoisotopic (exact) mass is 315 g/mol. The van der Waals surface area contributed by atoms with E-state index in [9.17, 15) is 18.0 Å². The molecule has 2 aromatic rings. The van der Waals surface area contributed by atoms with Gasteiger partial charge in [-0.15, -0.1) is 11.3 Å². The number of aryl methyl sites for hydroxylation is 2. The Labute approximate surface area is 123 Å². The second kappa shape index (κ2) is 5.85. The number of rotatable bonds is 4. The third-order valence-electron chi connectivity index (χ3n) is 2.87. The molecule has 0 unspecified atom stereocenters. The summed E-state index contributed by atoms with van der Waals surface area (Å²) in [7, 11) is 0. The van der Waals surface area contributed by atoms with E-state index in [1.54, 1.807) is 0 Å². The normalized spacial score (nSPS) is 11.5. The van der Waals surface area contributed by atoms with E-state index in [1.165, 1.54) is 17.4 Å². The molecule has 7 heteroatoms. The lowest BCUT2D eigenvalue weighted by molar-refractivity contribution is -0.139. The maximum atomic E-state index is 12.9. The molecule has 112 valence electrons. The SMILES string of the molecule is Cc1nc(COc2ccc(C=O)cc2C(F)(F)F)sc1C. The van der Waals surface area contributed by atoms with E-state index in [0.29, 0.717) is 11.3 Å². The molecule has 0 aliphatic rings. The highest BCUT2D eigenvalue weighted by Gasteiger charge is 2.34. The first-order valence-corrected chi connectivity index (χ1v) is 6.85. The second-order valence-electron chi connectivity index (χ2n) is 4.41. The van der Waals surface area contributed by atoms with Crippen molar-refractivity contribution in [3.63, 3.8) is 0 Å². The molecule has 1 heterocycles. The predicted molar refractivity (Wildman–Crippen MR) is 72.8 cm³/mol. The standard InChI is InChI=1S/C14H12F3NO2S/c1-8-9(2)21-13(18-8)7-20-12-4-3-10(6-19)5-11(12)14(15,16)17/h3-6H,7H2,1-2H3. The molecule has 3 nitrogen and oxygen atoms in total. The maximum absolute atomic E-state index is 12.9. The summed E-state index contributed by atoms with van der Waals surface area (Å²) in [4.78, 5) is 15.8. The molecule has 0 spiro atoms. The van der Waals surface area contributed by atoms with Gasteiger partial charge in [-0.05, 0) is 32.0 Å². The lowest BCUT2D eigenvalue weighted by atomic mass is 10.1. The van der Waals surface area contributed by atoms with Crippen molar-refractivity contribution >= 4 is 17.6 Å². The van der Waals surface area contributed by atoms with Crippen LogP contribution in [-0.2, 0) is 12.8 Å². The molecular formula is C14H12F3NO2S. The van der Waals surface area contributed by atoms with Crippen LogP contribution in [0.1, 0.15) is 31.5 Å². The molecule has 0 aliphatic heterocycles. The third-order valence-corrected chi connectivity index (χ3v) is 3.92. The lowest BCUT2D eigenvalue weighted by Crippen LogP contribution is -2.09. The summed E-state index contributed by atoms with van der Waals surface area (Å²) in [6.07, 6.45) is -4.21. The summed E-state index contributed by atoms with van der Waals surface area (Å²) in [6.45, 7) is 3.68. The van der Waals surface area contributed by atoms with E-state index in [4.69, 9.17) is 4.74 Å². The van der Waals surface area contributed by atoms with Gasteiger partial charge < -0.3 is 4.74 Å². The van der Waals surface area contributed by atoms with Gasteiger partial charge in [-0.3, -0.25) is 4.79 Å². The van der Waals surface area contributed by atoms with Crippen LogP contribution in [0.5, 0.6) is 5.75 Å². The number of ether oxygens (including phenoxy) is 1. The van der Waals surface area contributed by atoms with Crippen molar-refractivity contribution in [3.05, 3.63) is 44.9 Å². The molecular weight excluding hydrogens is 303 g/mol. The zero-order valence-electron chi connectivity index (χ0n) is 11.3. The van der Waals surface area contributed by atoms with Crippen LogP contribution in [0.3, 0.4) is 0 Å². The fourth-order valence-corrected chi connectivity index (χ4v) is 2.56. The van der Waals surface area contributed by atoms with Crippen LogP contribution in [0.25, 0.3) is 0 Å². The Balaban J connectivity index is 2.25. The number of carbonyl (C=O) groups excluding carboxylic acids is 1. The van der Waals surface area contributed by atoms with Crippen LogP contribution < -0.4 is 4.74 Å². The minimum Gasteiger partial charge on any atom is -0.486 e. The quantitative estimate of drug-likeness (QED) is 0.795. The van der Waals surface area contributed by atoms with Crippen molar-refractivity contribution < 1.29 is 22.7 Å². The number of aromatic nitrogens is 1. The van der Waals surface area contributed by atoms with Gasteiger partial charge in [0.15, 0.2) is 0 Å². The fourth-order valence-electron chi connectivity index (χ4n) is 1.71. The topological polar surface area (TPSA) is 39.2 Å². The van der Waals surface area contributed by atoms with Gasteiger partial charge in [0, 0.05) is 10.4 Å². The first kappa shape index (κ1) is 15.5. The van der Waals surface area contributed by atoms with Crippen LogP contribution in [0.15, 0.2) is 18.2 Å². The highest BCUT2D eigenvalue weighted by atomic mass is 32.1. The molecule has 0 radical (unpaired) electrons. The van der Waals surface area contributed by atoms with Crippen LogP contribution >= 0.6 is 11.3 Å². The molecule has 0 atom stereocenters. The van der Waals surface area contributed by atoms with Gasteiger partial charge in [-0.1, -0.05) is 0 Å². The Morgan fingerprint density at radius 3 is 2.57 bits per heavy atom. The molecule has 0 fully saturated rings. The van der Waals surface area contributed by atoms with Crippen LogP contribution in [0.2, 0.25) is 0 Å². The lowest BCUT2D eigenvalue weighted by Gasteiger charge is -2.13. The van der Waals surface area contributed by atoms with Gasteiger partial charge in [0.25, 0.3) is 0 Å². The molecule has 1 aromatic heterocycles. The van der Waals surface area contributed by atoms with Crippen LogP contribution in [0, 0.1) is 13.8 Å². The number of benzene rings is 1. The van der Waals surface area contributed by atoms with Crippen molar-refractivity contribution in [1.82, 2.24) is 4.98 Å². The Hall–Kier alpha value is -1.89. The fraction of sp³-hybridized carbons (Fsp3) is 0.286. The summed E-state index contributed by atoms with van der Waals surface area (Å²) < 4.78 is 44.1.